The average Bonchev–Trinajstić information content (AvgIpc) is 3.07. The van der Waals surface area contributed by atoms with Gasteiger partial charge in [0.15, 0.2) is 0 Å². The lowest BCUT2D eigenvalue weighted by molar-refractivity contribution is -0.125. The molecule has 0 radical (unpaired) electrons. The van der Waals surface area contributed by atoms with E-state index >= 15 is 0 Å². The fourth-order valence-corrected chi connectivity index (χ4v) is 4.48. The van der Waals surface area contributed by atoms with E-state index in [0.717, 1.165) is 37.4 Å². The number of amides is 1. The first-order chi connectivity index (χ1) is 11.9. The first-order valence-corrected chi connectivity index (χ1v) is 10.1. The maximum atomic E-state index is 12.9. The molecule has 3 heterocycles. The number of morpholine rings is 1. The minimum Gasteiger partial charge on any atom is -0.371 e. The van der Waals surface area contributed by atoms with E-state index in [1.54, 1.807) is 0 Å². The van der Waals surface area contributed by atoms with Crippen LogP contribution in [0.5, 0.6) is 0 Å². The molecule has 0 aromatic carbocycles. The first-order valence-electron chi connectivity index (χ1n) is 9.21. The summed E-state index contributed by atoms with van der Waals surface area (Å²) < 4.78 is 6.10. The largest absolute Gasteiger partial charge is 0.371 e. The predicted octanol–water partition coefficient (Wildman–Crippen LogP) is 2.97. The summed E-state index contributed by atoms with van der Waals surface area (Å²) in [5, 5.41) is 2.72. The number of carbonyl (C=O) groups excluding carboxylic acids is 1. The summed E-state index contributed by atoms with van der Waals surface area (Å²) in [5.74, 6) is 0.530. The van der Waals surface area contributed by atoms with Crippen LogP contribution in [0.3, 0.4) is 0 Å². The van der Waals surface area contributed by atoms with Crippen LogP contribution in [0.4, 0.5) is 0 Å². The van der Waals surface area contributed by atoms with Crippen molar-refractivity contribution in [3.63, 3.8) is 0 Å². The third kappa shape index (κ3) is 6.02. The van der Waals surface area contributed by atoms with Crippen LogP contribution in [-0.2, 0) is 4.74 Å². The van der Waals surface area contributed by atoms with Crippen molar-refractivity contribution in [2.75, 3.05) is 39.8 Å². The zero-order valence-electron chi connectivity index (χ0n) is 16.3. The Kier molecular flexibility index (Phi) is 9.45. The van der Waals surface area contributed by atoms with E-state index in [2.05, 4.69) is 30.8 Å². The second-order valence-electron chi connectivity index (χ2n) is 7.87. The number of rotatable bonds is 4. The van der Waals surface area contributed by atoms with E-state index in [1.807, 2.05) is 10.3 Å². The van der Waals surface area contributed by atoms with E-state index < -0.39 is 0 Å². The highest BCUT2D eigenvalue weighted by atomic mass is 35.5. The molecule has 1 atom stereocenters. The number of halogens is 2. The Morgan fingerprint density at radius 3 is 2.63 bits per heavy atom. The summed E-state index contributed by atoms with van der Waals surface area (Å²) >= 11 is 1.50. The van der Waals surface area contributed by atoms with Crippen molar-refractivity contribution in [3.8, 4) is 0 Å². The molecular formula is C18H32Cl2N4O2S. The lowest BCUT2D eigenvalue weighted by atomic mass is 9.89. The average molecular weight is 439 g/mol. The van der Waals surface area contributed by atoms with E-state index in [-0.39, 0.29) is 42.4 Å². The van der Waals surface area contributed by atoms with Gasteiger partial charge < -0.3 is 20.3 Å². The molecule has 0 saturated carbocycles. The molecule has 2 saturated heterocycles. The Morgan fingerprint density at radius 2 is 2.00 bits per heavy atom. The predicted molar refractivity (Wildman–Crippen MR) is 114 cm³/mol. The Labute approximate surface area is 178 Å². The van der Waals surface area contributed by atoms with Crippen LogP contribution in [-0.4, -0.2) is 66.1 Å². The first kappa shape index (κ1) is 24.6. The molecule has 1 aromatic rings. The van der Waals surface area contributed by atoms with Crippen molar-refractivity contribution in [2.45, 2.75) is 44.8 Å². The number of likely N-dealkylation sites (tertiary alicyclic amines) is 1. The van der Waals surface area contributed by atoms with Gasteiger partial charge in [-0.2, -0.15) is 0 Å². The van der Waals surface area contributed by atoms with E-state index in [1.165, 1.54) is 11.3 Å². The molecule has 2 fully saturated rings. The van der Waals surface area contributed by atoms with Gasteiger partial charge in [-0.25, -0.2) is 4.98 Å². The van der Waals surface area contributed by atoms with Crippen molar-refractivity contribution in [1.29, 1.82) is 0 Å². The molecule has 0 aliphatic carbocycles. The Bertz CT molecular complexity index is 606. The second kappa shape index (κ2) is 10.4. The van der Waals surface area contributed by atoms with Gasteiger partial charge in [-0.05, 0) is 32.2 Å². The zero-order chi connectivity index (χ0) is 18.0. The van der Waals surface area contributed by atoms with Gasteiger partial charge in [-0.15, -0.1) is 36.2 Å². The fourth-order valence-electron chi connectivity index (χ4n) is 3.67. The van der Waals surface area contributed by atoms with Gasteiger partial charge >= 0.3 is 0 Å². The molecule has 3 rings (SSSR count). The number of piperidine rings is 1. The maximum absolute atomic E-state index is 12.9. The molecule has 2 aliphatic rings. The Morgan fingerprint density at radius 1 is 1.33 bits per heavy atom. The molecular weight excluding hydrogens is 407 g/mol. The van der Waals surface area contributed by atoms with Crippen LogP contribution in [0.2, 0.25) is 0 Å². The maximum Gasteiger partial charge on any atom is 0.273 e. The van der Waals surface area contributed by atoms with Gasteiger partial charge in [-0.3, -0.25) is 4.79 Å². The number of nitrogens with two attached hydrogens (primary N) is 1. The van der Waals surface area contributed by atoms with E-state index in [0.29, 0.717) is 31.3 Å². The number of nitrogens with zero attached hydrogens (tertiary/aromatic N) is 3. The van der Waals surface area contributed by atoms with Crippen molar-refractivity contribution < 1.29 is 9.53 Å². The lowest BCUT2D eigenvalue weighted by Gasteiger charge is -2.46. The van der Waals surface area contributed by atoms with Crippen LogP contribution in [0.25, 0.3) is 0 Å². The van der Waals surface area contributed by atoms with Gasteiger partial charge in [0.2, 0.25) is 0 Å². The minimum atomic E-state index is -0.173. The van der Waals surface area contributed by atoms with Crippen LogP contribution in [0, 0.1) is 5.92 Å². The van der Waals surface area contributed by atoms with Gasteiger partial charge in [0.05, 0.1) is 24.8 Å². The monoisotopic (exact) mass is 438 g/mol. The minimum absolute atomic E-state index is 0. The number of aromatic nitrogens is 1. The zero-order valence-corrected chi connectivity index (χ0v) is 18.8. The van der Waals surface area contributed by atoms with Gasteiger partial charge in [0.25, 0.3) is 5.91 Å². The molecule has 0 bridgehead atoms. The van der Waals surface area contributed by atoms with Crippen LogP contribution in [0.1, 0.15) is 54.6 Å². The number of ether oxygens (including phenoxy) is 1. The highest BCUT2D eigenvalue weighted by Gasteiger charge is 2.40. The molecule has 2 N–H and O–H groups in total. The van der Waals surface area contributed by atoms with Crippen molar-refractivity contribution in [1.82, 2.24) is 14.8 Å². The fraction of sp³-hybridized carbons (Fsp3) is 0.778. The summed E-state index contributed by atoms with van der Waals surface area (Å²) in [4.78, 5) is 21.7. The molecule has 2 aliphatic heterocycles. The lowest BCUT2D eigenvalue weighted by Crippen LogP contribution is -2.57. The molecule has 6 nitrogen and oxygen atoms in total. The topological polar surface area (TPSA) is 71.7 Å². The van der Waals surface area contributed by atoms with Crippen LogP contribution < -0.4 is 5.73 Å². The van der Waals surface area contributed by atoms with Crippen molar-refractivity contribution in [2.24, 2.45) is 11.7 Å². The quantitative estimate of drug-likeness (QED) is 0.781. The molecule has 1 amide bonds. The number of carbonyl (C=O) groups is 1. The van der Waals surface area contributed by atoms with E-state index in [4.69, 9.17) is 10.5 Å². The number of hydrogen-bond donors (Lipinski definition) is 1. The standard InChI is InChI=1S/C18H30N4O2S.2ClH/c1-13(2)10-14(19)16-20-15(11-25-16)17(23)22-8-9-24-18(12-22)4-6-21(3)7-5-18;;/h11,13-14H,4-10,12,19H2,1-3H3;2*1H/t14-;;/m0../s1. The molecule has 1 spiro atoms. The van der Waals surface area contributed by atoms with Gasteiger partial charge in [-0.1, -0.05) is 13.8 Å². The number of thiazole rings is 1. The van der Waals surface area contributed by atoms with Crippen LogP contribution in [0.15, 0.2) is 5.38 Å². The Hall–Kier alpha value is -0.440. The highest BCUT2D eigenvalue weighted by molar-refractivity contribution is 7.09. The third-order valence-corrected chi connectivity index (χ3v) is 6.19. The van der Waals surface area contributed by atoms with Gasteiger partial charge in [0, 0.05) is 25.0 Å². The molecule has 9 heteroatoms. The smallest absolute Gasteiger partial charge is 0.273 e. The summed E-state index contributed by atoms with van der Waals surface area (Å²) in [6.07, 6.45) is 2.85. The highest BCUT2D eigenvalue weighted by Crippen LogP contribution is 2.30. The summed E-state index contributed by atoms with van der Waals surface area (Å²) in [7, 11) is 2.13. The number of hydrogen-bond acceptors (Lipinski definition) is 6. The molecule has 0 unspecified atom stereocenters. The summed E-state index contributed by atoms with van der Waals surface area (Å²) in [5.41, 5.74) is 6.57. The third-order valence-electron chi connectivity index (χ3n) is 5.22. The summed E-state index contributed by atoms with van der Waals surface area (Å²) in [6, 6.07) is -0.0866. The SMILES string of the molecule is CC(C)C[C@H](N)c1nc(C(=O)N2CCOC3(CCN(C)CC3)C2)cs1.Cl.Cl. The molecule has 1 aromatic heterocycles. The normalized spacial score (nSPS) is 20.9. The molecule has 156 valence electrons. The van der Waals surface area contributed by atoms with Gasteiger partial charge in [0.1, 0.15) is 10.7 Å². The molecule has 27 heavy (non-hydrogen) atoms. The second-order valence-corrected chi connectivity index (χ2v) is 8.76. The van der Waals surface area contributed by atoms with Crippen molar-refractivity contribution in [3.05, 3.63) is 16.1 Å². The Balaban J connectivity index is 0.00000182. The van der Waals surface area contributed by atoms with Crippen LogP contribution >= 0.6 is 36.2 Å². The van der Waals surface area contributed by atoms with E-state index in [9.17, 15) is 4.79 Å². The summed E-state index contributed by atoms with van der Waals surface area (Å²) in [6.45, 7) is 8.26. The van der Waals surface area contributed by atoms with Crippen molar-refractivity contribution >= 4 is 42.1 Å².